The average Bonchev–Trinajstić information content (AvgIpc) is 3.50. The first-order chi connectivity index (χ1) is 17.5. The topological polar surface area (TPSA) is 67.8 Å². The molecule has 0 saturated carbocycles. The van der Waals surface area contributed by atoms with Crippen molar-refractivity contribution in [2.45, 2.75) is 51.1 Å². The number of aromatic nitrogens is 3. The number of nitrogens with zero attached hydrogens (tertiary/aromatic N) is 2. The average molecular weight is 514 g/mol. The highest BCUT2D eigenvalue weighted by Crippen LogP contribution is 2.35. The maximum atomic E-state index is 13.9. The summed E-state index contributed by atoms with van der Waals surface area (Å²) in [6.07, 6.45) is 6.93. The summed E-state index contributed by atoms with van der Waals surface area (Å²) in [6.45, 7) is 4.14. The fourth-order valence-corrected chi connectivity index (χ4v) is 7.35. The van der Waals surface area contributed by atoms with E-state index in [1.807, 2.05) is 49.5 Å². The lowest BCUT2D eigenvalue weighted by Gasteiger charge is -2.13. The maximum absolute atomic E-state index is 13.9. The standard InChI is InChI=1S/C29H27N3O2S2/c1-3-18-7-6-9-20-22(15-30-26(18)20)23(33)16-35-29-31-27-25(21-8-4-5-10-24(21)36-27)28(34)32(29)19-13-11-17(2)12-14-19/h6-7,9,11-15,30H,3-5,8,10,16H2,1-2H3. The Hall–Kier alpha value is -3.16. The molecule has 0 aliphatic heterocycles. The zero-order valence-electron chi connectivity index (χ0n) is 20.4. The minimum Gasteiger partial charge on any atom is -0.360 e. The molecule has 0 saturated heterocycles. The summed E-state index contributed by atoms with van der Waals surface area (Å²) in [5, 5.41) is 2.28. The van der Waals surface area contributed by atoms with Crippen LogP contribution in [-0.2, 0) is 19.3 Å². The second-order valence-corrected chi connectivity index (χ2v) is 11.4. The third-order valence-corrected chi connectivity index (χ3v) is 9.19. The summed E-state index contributed by atoms with van der Waals surface area (Å²) in [5.74, 6) is 0.229. The van der Waals surface area contributed by atoms with Gasteiger partial charge < -0.3 is 4.98 Å². The largest absolute Gasteiger partial charge is 0.360 e. The van der Waals surface area contributed by atoms with Gasteiger partial charge in [-0.15, -0.1) is 11.3 Å². The lowest BCUT2D eigenvalue weighted by atomic mass is 9.97. The number of benzene rings is 2. The maximum Gasteiger partial charge on any atom is 0.267 e. The number of aryl methyl sites for hydroxylation is 4. The number of hydrogen-bond acceptors (Lipinski definition) is 5. The number of hydrogen-bond donors (Lipinski definition) is 1. The Morgan fingerprint density at radius 2 is 1.94 bits per heavy atom. The van der Waals surface area contributed by atoms with Crippen molar-refractivity contribution in [2.75, 3.05) is 5.75 Å². The Labute approximate surface area is 217 Å². The van der Waals surface area contributed by atoms with Crippen LogP contribution in [0.4, 0.5) is 0 Å². The molecule has 3 heterocycles. The van der Waals surface area contributed by atoms with E-state index in [1.54, 1.807) is 15.9 Å². The molecule has 0 fully saturated rings. The van der Waals surface area contributed by atoms with Crippen LogP contribution < -0.4 is 5.56 Å². The number of rotatable bonds is 6. The zero-order valence-corrected chi connectivity index (χ0v) is 22.0. The number of aromatic amines is 1. The molecule has 5 nitrogen and oxygen atoms in total. The highest BCUT2D eigenvalue weighted by atomic mass is 32.2. The Balaban J connectivity index is 1.42. The Kier molecular flexibility index (Phi) is 6.05. The molecule has 3 aromatic heterocycles. The molecule has 182 valence electrons. The molecule has 1 aliphatic rings. The molecule has 1 aliphatic carbocycles. The van der Waals surface area contributed by atoms with E-state index in [0.29, 0.717) is 10.7 Å². The fraction of sp³-hybridized carbons (Fsp3) is 0.276. The van der Waals surface area contributed by atoms with Crippen LogP contribution in [0.1, 0.15) is 51.7 Å². The quantitative estimate of drug-likeness (QED) is 0.157. The van der Waals surface area contributed by atoms with Crippen molar-refractivity contribution >= 4 is 50.0 Å². The number of carbonyl (C=O) groups excluding carboxylic acids is 1. The van der Waals surface area contributed by atoms with Gasteiger partial charge in [0, 0.05) is 27.5 Å². The van der Waals surface area contributed by atoms with Crippen molar-refractivity contribution in [3.8, 4) is 5.69 Å². The molecule has 36 heavy (non-hydrogen) atoms. The van der Waals surface area contributed by atoms with E-state index < -0.39 is 0 Å². The molecule has 2 aromatic carbocycles. The highest BCUT2D eigenvalue weighted by Gasteiger charge is 2.24. The van der Waals surface area contributed by atoms with E-state index in [-0.39, 0.29) is 17.1 Å². The number of carbonyl (C=O) groups is 1. The summed E-state index contributed by atoms with van der Waals surface area (Å²) in [7, 11) is 0. The molecule has 1 N–H and O–H groups in total. The van der Waals surface area contributed by atoms with Gasteiger partial charge in [0.15, 0.2) is 10.9 Å². The summed E-state index contributed by atoms with van der Waals surface area (Å²) in [5.41, 5.74) is 5.96. The monoisotopic (exact) mass is 513 g/mol. The van der Waals surface area contributed by atoms with Crippen LogP contribution in [0.3, 0.4) is 0 Å². The van der Waals surface area contributed by atoms with Crippen LogP contribution in [0.2, 0.25) is 0 Å². The van der Waals surface area contributed by atoms with Crippen LogP contribution in [-0.4, -0.2) is 26.1 Å². The number of Topliss-reactive ketones (excluding diaryl/α,β-unsaturated/α-hetero) is 1. The minimum atomic E-state index is -0.0297. The van der Waals surface area contributed by atoms with Gasteiger partial charge in [-0.1, -0.05) is 54.6 Å². The molecule has 0 radical (unpaired) electrons. The lowest BCUT2D eigenvalue weighted by molar-refractivity contribution is 0.102. The number of ketones is 1. The first-order valence-electron chi connectivity index (χ1n) is 12.4. The van der Waals surface area contributed by atoms with Crippen molar-refractivity contribution in [1.29, 1.82) is 0 Å². The Morgan fingerprint density at radius 3 is 2.75 bits per heavy atom. The highest BCUT2D eigenvalue weighted by molar-refractivity contribution is 7.99. The summed E-state index contributed by atoms with van der Waals surface area (Å²) < 4.78 is 1.70. The Morgan fingerprint density at radius 1 is 1.14 bits per heavy atom. The van der Waals surface area contributed by atoms with Crippen LogP contribution in [0, 0.1) is 6.92 Å². The van der Waals surface area contributed by atoms with Gasteiger partial charge in [0.25, 0.3) is 5.56 Å². The Bertz CT molecular complexity index is 1680. The third kappa shape index (κ3) is 3.91. The van der Waals surface area contributed by atoms with E-state index in [0.717, 1.165) is 64.5 Å². The minimum absolute atomic E-state index is 0.0229. The van der Waals surface area contributed by atoms with Crippen molar-refractivity contribution in [1.82, 2.24) is 14.5 Å². The van der Waals surface area contributed by atoms with Crippen LogP contribution in [0.5, 0.6) is 0 Å². The number of fused-ring (bicyclic) bond motifs is 4. The zero-order chi connectivity index (χ0) is 24.8. The van der Waals surface area contributed by atoms with Crippen molar-refractivity contribution in [3.63, 3.8) is 0 Å². The normalized spacial score (nSPS) is 13.4. The van der Waals surface area contributed by atoms with Gasteiger partial charge in [-0.25, -0.2) is 4.98 Å². The van der Waals surface area contributed by atoms with E-state index >= 15 is 0 Å². The predicted molar refractivity (Wildman–Crippen MR) is 149 cm³/mol. The van der Waals surface area contributed by atoms with Gasteiger partial charge in [-0.05, 0) is 62.3 Å². The number of thioether (sulfide) groups is 1. The van der Waals surface area contributed by atoms with Crippen molar-refractivity contribution in [3.05, 3.63) is 86.1 Å². The molecule has 0 amide bonds. The molecule has 7 heteroatoms. The van der Waals surface area contributed by atoms with Crippen molar-refractivity contribution < 1.29 is 4.79 Å². The summed E-state index contributed by atoms with van der Waals surface area (Å²) >= 11 is 2.99. The summed E-state index contributed by atoms with van der Waals surface area (Å²) in [6, 6.07) is 14.0. The number of H-pyrrole nitrogens is 1. The van der Waals surface area contributed by atoms with E-state index in [4.69, 9.17) is 4.98 Å². The van der Waals surface area contributed by atoms with Gasteiger partial charge >= 0.3 is 0 Å². The van der Waals surface area contributed by atoms with E-state index in [9.17, 15) is 9.59 Å². The summed E-state index contributed by atoms with van der Waals surface area (Å²) in [4.78, 5) is 37.6. The van der Waals surface area contributed by atoms with Gasteiger partial charge in [0.1, 0.15) is 4.83 Å². The molecular weight excluding hydrogens is 486 g/mol. The first-order valence-corrected chi connectivity index (χ1v) is 14.2. The number of para-hydroxylation sites is 1. The van der Waals surface area contributed by atoms with Gasteiger partial charge in [-0.2, -0.15) is 0 Å². The molecule has 0 bridgehead atoms. The lowest BCUT2D eigenvalue weighted by Crippen LogP contribution is -2.22. The molecule has 0 unspecified atom stereocenters. The SMILES string of the molecule is CCc1cccc2c(C(=O)CSc3nc4sc5c(c4c(=O)n3-c3ccc(C)cc3)CCCC5)c[nH]c12. The van der Waals surface area contributed by atoms with Crippen molar-refractivity contribution in [2.24, 2.45) is 0 Å². The molecule has 5 aromatic rings. The molecule has 6 rings (SSSR count). The second kappa shape index (κ2) is 9.37. The predicted octanol–water partition coefficient (Wildman–Crippen LogP) is 6.65. The van der Waals surface area contributed by atoms with E-state index in [1.165, 1.54) is 27.8 Å². The van der Waals surface area contributed by atoms with E-state index in [2.05, 4.69) is 18.0 Å². The smallest absolute Gasteiger partial charge is 0.267 e. The van der Waals surface area contributed by atoms with Gasteiger partial charge in [0.2, 0.25) is 0 Å². The molecule has 0 spiro atoms. The third-order valence-electron chi connectivity index (χ3n) is 7.07. The molecular formula is C29H27N3O2S2. The van der Waals surface area contributed by atoms with Crippen LogP contribution in [0.15, 0.2) is 58.6 Å². The number of thiophene rings is 1. The van der Waals surface area contributed by atoms with Crippen LogP contribution in [0.25, 0.3) is 26.8 Å². The van der Waals surface area contributed by atoms with Crippen LogP contribution >= 0.6 is 23.1 Å². The van der Waals surface area contributed by atoms with Gasteiger partial charge in [0.05, 0.1) is 16.8 Å². The number of nitrogens with one attached hydrogen (secondary N) is 1. The second-order valence-electron chi connectivity index (χ2n) is 9.37. The molecule has 0 atom stereocenters. The fourth-order valence-electron chi connectivity index (χ4n) is 5.15. The first kappa shape index (κ1) is 23.3. The van der Waals surface area contributed by atoms with Gasteiger partial charge in [-0.3, -0.25) is 14.2 Å².